The summed E-state index contributed by atoms with van der Waals surface area (Å²) in [5, 5.41) is 3.39. The van der Waals surface area contributed by atoms with Crippen LogP contribution in [-0.2, 0) is 11.2 Å². The van der Waals surface area contributed by atoms with Crippen LogP contribution in [0.5, 0.6) is 0 Å². The van der Waals surface area contributed by atoms with Crippen LogP contribution in [0.1, 0.15) is 31.4 Å². The minimum absolute atomic E-state index is 0.254. The number of hydrogen-bond donors (Lipinski definition) is 1. The summed E-state index contributed by atoms with van der Waals surface area (Å²) in [7, 11) is 0. The summed E-state index contributed by atoms with van der Waals surface area (Å²) in [5.74, 6) is 0.925. The third-order valence-corrected chi connectivity index (χ3v) is 4.28. The van der Waals surface area contributed by atoms with Crippen molar-refractivity contribution in [3.05, 3.63) is 30.1 Å². The molecule has 4 heteroatoms. The molecule has 1 N–H and O–H groups in total. The summed E-state index contributed by atoms with van der Waals surface area (Å²) in [6.45, 7) is 3.13. The van der Waals surface area contributed by atoms with Crippen molar-refractivity contribution in [2.75, 3.05) is 19.6 Å². The summed E-state index contributed by atoms with van der Waals surface area (Å²) in [4.78, 5) is 18.9. The minimum Gasteiger partial charge on any atom is -0.339 e. The zero-order chi connectivity index (χ0) is 13.8. The number of nitrogens with one attached hydrogen (secondary N) is 1. The minimum atomic E-state index is 0.254. The lowest BCUT2D eigenvalue weighted by Gasteiger charge is -2.30. The van der Waals surface area contributed by atoms with Gasteiger partial charge in [-0.25, -0.2) is 0 Å². The lowest BCUT2D eigenvalue weighted by molar-refractivity contribution is -0.131. The van der Waals surface area contributed by atoms with Crippen molar-refractivity contribution in [2.24, 2.45) is 5.92 Å². The molecule has 2 aliphatic rings. The van der Waals surface area contributed by atoms with Gasteiger partial charge in [-0.15, -0.1) is 0 Å². The number of pyridine rings is 1. The smallest absolute Gasteiger partial charge is 0.228 e. The maximum Gasteiger partial charge on any atom is 0.228 e. The molecule has 1 aliphatic carbocycles. The Kier molecular flexibility index (Phi) is 4.31. The fourth-order valence-corrected chi connectivity index (χ4v) is 2.94. The highest BCUT2D eigenvalue weighted by atomic mass is 16.2. The van der Waals surface area contributed by atoms with E-state index < -0.39 is 0 Å². The van der Waals surface area contributed by atoms with Crippen LogP contribution < -0.4 is 5.32 Å². The van der Waals surface area contributed by atoms with E-state index in [1.165, 1.54) is 25.7 Å². The molecule has 20 heavy (non-hydrogen) atoms. The van der Waals surface area contributed by atoms with Gasteiger partial charge in [0.05, 0.1) is 6.42 Å². The topological polar surface area (TPSA) is 45.2 Å². The summed E-state index contributed by atoms with van der Waals surface area (Å²) >= 11 is 0. The van der Waals surface area contributed by atoms with Gasteiger partial charge in [-0.2, -0.15) is 0 Å². The van der Waals surface area contributed by atoms with Crippen LogP contribution in [0.15, 0.2) is 24.4 Å². The predicted molar refractivity (Wildman–Crippen MR) is 78.3 cm³/mol. The second-order valence-corrected chi connectivity index (χ2v) is 5.97. The van der Waals surface area contributed by atoms with E-state index in [-0.39, 0.29) is 5.91 Å². The molecule has 4 nitrogen and oxygen atoms in total. The highest BCUT2D eigenvalue weighted by Gasteiger charge is 2.34. The number of carbonyl (C=O) groups excluding carboxylic acids is 1. The van der Waals surface area contributed by atoms with E-state index >= 15 is 0 Å². The van der Waals surface area contributed by atoms with E-state index in [1.807, 2.05) is 18.2 Å². The van der Waals surface area contributed by atoms with E-state index in [2.05, 4.69) is 15.2 Å². The Balaban J connectivity index is 1.59. The van der Waals surface area contributed by atoms with Crippen molar-refractivity contribution >= 4 is 5.91 Å². The van der Waals surface area contributed by atoms with E-state index in [9.17, 15) is 4.79 Å². The molecular weight excluding hydrogens is 250 g/mol. The summed E-state index contributed by atoms with van der Waals surface area (Å²) in [6.07, 6.45) is 6.96. The van der Waals surface area contributed by atoms with E-state index in [0.717, 1.165) is 25.3 Å². The summed E-state index contributed by atoms with van der Waals surface area (Å²) in [6, 6.07) is 6.28. The Labute approximate surface area is 120 Å². The molecule has 0 bridgehead atoms. The number of aromatic nitrogens is 1. The van der Waals surface area contributed by atoms with Crippen molar-refractivity contribution in [3.63, 3.8) is 0 Å². The van der Waals surface area contributed by atoms with Gasteiger partial charge in [-0.3, -0.25) is 9.78 Å². The van der Waals surface area contributed by atoms with E-state index in [1.54, 1.807) is 6.20 Å². The van der Waals surface area contributed by atoms with Crippen LogP contribution in [0.3, 0.4) is 0 Å². The maximum atomic E-state index is 12.5. The Hall–Kier alpha value is -1.42. The lowest BCUT2D eigenvalue weighted by atomic mass is 9.97. The second-order valence-electron chi connectivity index (χ2n) is 5.97. The monoisotopic (exact) mass is 273 g/mol. The van der Waals surface area contributed by atoms with E-state index in [0.29, 0.717) is 18.4 Å². The molecule has 1 saturated carbocycles. The molecule has 1 saturated heterocycles. The molecule has 0 spiro atoms. The molecule has 1 amide bonds. The molecule has 0 radical (unpaired) electrons. The Bertz CT molecular complexity index is 438. The SMILES string of the molecule is O=C(Cc1ccccn1)N(CC1CCNCC1)C1CC1. The number of piperidine rings is 1. The Morgan fingerprint density at radius 2 is 2.05 bits per heavy atom. The normalized spacial score (nSPS) is 19.8. The third kappa shape index (κ3) is 3.57. The zero-order valence-electron chi connectivity index (χ0n) is 11.9. The molecule has 2 heterocycles. The first-order valence-corrected chi connectivity index (χ1v) is 7.73. The summed E-state index contributed by atoms with van der Waals surface area (Å²) in [5.41, 5.74) is 0.883. The van der Waals surface area contributed by atoms with Gasteiger partial charge < -0.3 is 10.2 Å². The van der Waals surface area contributed by atoms with Crippen LogP contribution in [0, 0.1) is 5.92 Å². The number of hydrogen-bond acceptors (Lipinski definition) is 3. The fourth-order valence-electron chi connectivity index (χ4n) is 2.94. The standard InChI is InChI=1S/C16H23N3O/c20-16(11-14-3-1-2-8-18-14)19(15-4-5-15)12-13-6-9-17-10-7-13/h1-3,8,13,15,17H,4-7,9-12H2. The molecule has 1 aromatic rings. The van der Waals surface area contributed by atoms with Gasteiger partial charge in [0.2, 0.25) is 5.91 Å². The number of nitrogens with zero attached hydrogens (tertiary/aromatic N) is 2. The maximum absolute atomic E-state index is 12.5. The first-order chi connectivity index (χ1) is 9.83. The van der Waals surface area contributed by atoms with Gasteiger partial charge in [0, 0.05) is 24.5 Å². The van der Waals surface area contributed by atoms with Crippen LogP contribution in [0.25, 0.3) is 0 Å². The highest BCUT2D eigenvalue weighted by molar-refractivity contribution is 5.79. The zero-order valence-corrected chi connectivity index (χ0v) is 11.9. The van der Waals surface area contributed by atoms with E-state index in [4.69, 9.17) is 0 Å². The van der Waals surface area contributed by atoms with Crippen molar-refractivity contribution < 1.29 is 4.79 Å². The molecular formula is C16H23N3O. The Morgan fingerprint density at radius 3 is 2.70 bits per heavy atom. The van der Waals surface area contributed by atoms with Gasteiger partial charge in [0.1, 0.15) is 0 Å². The first kappa shape index (κ1) is 13.6. The van der Waals surface area contributed by atoms with Gasteiger partial charge in [-0.05, 0) is 56.8 Å². The molecule has 1 aromatic heterocycles. The molecule has 0 unspecified atom stereocenters. The van der Waals surface area contributed by atoms with Gasteiger partial charge in [-0.1, -0.05) is 6.07 Å². The third-order valence-electron chi connectivity index (χ3n) is 4.28. The van der Waals surface area contributed by atoms with Crippen LogP contribution in [0.2, 0.25) is 0 Å². The van der Waals surface area contributed by atoms with Crippen molar-refractivity contribution in [1.82, 2.24) is 15.2 Å². The number of rotatable bonds is 5. The van der Waals surface area contributed by atoms with Crippen LogP contribution in [-0.4, -0.2) is 41.5 Å². The molecule has 1 aliphatic heterocycles. The predicted octanol–water partition coefficient (Wildman–Crippen LogP) is 1.61. The van der Waals surface area contributed by atoms with Gasteiger partial charge in [0.15, 0.2) is 0 Å². The molecule has 0 atom stereocenters. The van der Waals surface area contributed by atoms with Crippen LogP contribution >= 0.6 is 0 Å². The highest BCUT2D eigenvalue weighted by Crippen LogP contribution is 2.29. The molecule has 108 valence electrons. The molecule has 0 aromatic carbocycles. The van der Waals surface area contributed by atoms with Gasteiger partial charge >= 0.3 is 0 Å². The molecule has 3 rings (SSSR count). The number of amides is 1. The van der Waals surface area contributed by atoms with Crippen molar-refractivity contribution in [1.29, 1.82) is 0 Å². The second kappa shape index (κ2) is 6.35. The quantitative estimate of drug-likeness (QED) is 0.886. The van der Waals surface area contributed by atoms with Gasteiger partial charge in [0.25, 0.3) is 0 Å². The molecule has 2 fully saturated rings. The average Bonchev–Trinajstić information content (AvgIpc) is 3.31. The first-order valence-electron chi connectivity index (χ1n) is 7.73. The van der Waals surface area contributed by atoms with Crippen molar-refractivity contribution in [2.45, 2.75) is 38.1 Å². The lowest BCUT2D eigenvalue weighted by Crippen LogP contribution is -2.41. The fraction of sp³-hybridized carbons (Fsp3) is 0.625. The summed E-state index contributed by atoms with van der Waals surface area (Å²) < 4.78 is 0. The van der Waals surface area contributed by atoms with Crippen LogP contribution in [0.4, 0.5) is 0 Å². The Morgan fingerprint density at radius 1 is 1.25 bits per heavy atom. The van der Waals surface area contributed by atoms with Crippen molar-refractivity contribution in [3.8, 4) is 0 Å². The largest absolute Gasteiger partial charge is 0.339 e. The average molecular weight is 273 g/mol. The number of carbonyl (C=O) groups is 1.